The van der Waals surface area contributed by atoms with Crippen molar-refractivity contribution in [3.05, 3.63) is 48.3 Å². The Labute approximate surface area is 160 Å². The van der Waals surface area contributed by atoms with Crippen LogP contribution in [0.1, 0.15) is 24.8 Å². The summed E-state index contributed by atoms with van der Waals surface area (Å²) in [6, 6.07) is 11.4. The first-order valence-corrected chi connectivity index (χ1v) is 10.8. The van der Waals surface area contributed by atoms with E-state index in [1.165, 1.54) is 37.9 Å². The molecule has 0 aliphatic carbocycles. The smallest absolute Gasteiger partial charge is 0.148 e. The van der Waals surface area contributed by atoms with Gasteiger partial charge in [-0.15, -0.1) is 11.8 Å². The van der Waals surface area contributed by atoms with Gasteiger partial charge in [0, 0.05) is 31.4 Å². The summed E-state index contributed by atoms with van der Waals surface area (Å²) >= 11 is 1.78. The number of rotatable bonds is 4. The molecule has 3 unspecified atom stereocenters. The van der Waals surface area contributed by atoms with Crippen LogP contribution >= 0.6 is 11.8 Å². The topological polar surface area (TPSA) is 32.3 Å². The van der Waals surface area contributed by atoms with Crippen LogP contribution in [-0.4, -0.2) is 47.1 Å². The highest BCUT2D eigenvalue weighted by molar-refractivity contribution is 7.98. The number of anilines is 1. The lowest BCUT2D eigenvalue weighted by Gasteiger charge is -2.33. The van der Waals surface area contributed by atoms with Crippen molar-refractivity contribution in [3.8, 4) is 0 Å². The molecule has 136 valence electrons. The molecule has 0 saturated carbocycles. The van der Waals surface area contributed by atoms with Gasteiger partial charge >= 0.3 is 0 Å². The maximum Gasteiger partial charge on any atom is 0.148 e. The molecule has 5 heteroatoms. The van der Waals surface area contributed by atoms with E-state index < -0.39 is 0 Å². The van der Waals surface area contributed by atoms with E-state index >= 15 is 0 Å². The molecule has 3 saturated heterocycles. The fourth-order valence-corrected chi connectivity index (χ4v) is 5.83. The van der Waals surface area contributed by atoms with Crippen molar-refractivity contribution >= 4 is 17.6 Å². The maximum absolute atomic E-state index is 4.91. The molecular formula is C21H26N4S. The third-order valence-corrected chi connectivity index (χ3v) is 7.24. The number of hydrogen-bond acceptors (Lipinski definition) is 5. The minimum Gasteiger partial charge on any atom is -0.355 e. The lowest BCUT2D eigenvalue weighted by molar-refractivity contribution is 0.173. The van der Waals surface area contributed by atoms with Gasteiger partial charge in [-0.3, -0.25) is 9.88 Å². The molecule has 3 aliphatic rings. The van der Waals surface area contributed by atoms with Gasteiger partial charge in [0.05, 0.1) is 12.4 Å². The van der Waals surface area contributed by atoms with Gasteiger partial charge in [0.25, 0.3) is 0 Å². The van der Waals surface area contributed by atoms with E-state index in [9.17, 15) is 0 Å². The monoisotopic (exact) mass is 366 g/mol. The van der Waals surface area contributed by atoms with E-state index in [1.807, 2.05) is 12.4 Å². The molecule has 0 bridgehead atoms. The second-order valence-electron chi connectivity index (χ2n) is 7.88. The molecule has 2 aromatic rings. The lowest BCUT2D eigenvalue weighted by atomic mass is 9.90. The highest BCUT2D eigenvalue weighted by Gasteiger charge is 2.47. The minimum absolute atomic E-state index is 0.820. The summed E-state index contributed by atoms with van der Waals surface area (Å²) in [5.74, 6) is 3.67. The van der Waals surface area contributed by atoms with Crippen LogP contribution < -0.4 is 4.90 Å². The number of benzene rings is 1. The Bertz CT molecular complexity index is 753. The van der Waals surface area contributed by atoms with E-state index in [0.717, 1.165) is 47.6 Å². The summed E-state index contributed by atoms with van der Waals surface area (Å²) in [7, 11) is 0. The first-order chi connectivity index (χ1) is 12.9. The van der Waals surface area contributed by atoms with Gasteiger partial charge in [0.2, 0.25) is 0 Å². The average Bonchev–Trinajstić information content (AvgIpc) is 3.26. The Morgan fingerprint density at radius 1 is 1.04 bits per heavy atom. The zero-order valence-electron chi connectivity index (χ0n) is 15.1. The molecule has 4 heterocycles. The van der Waals surface area contributed by atoms with Crippen molar-refractivity contribution in [3.63, 3.8) is 0 Å². The van der Waals surface area contributed by atoms with Crippen LogP contribution in [0.25, 0.3) is 0 Å². The lowest BCUT2D eigenvalue weighted by Crippen LogP contribution is -2.40. The zero-order chi connectivity index (χ0) is 17.3. The Morgan fingerprint density at radius 3 is 2.88 bits per heavy atom. The van der Waals surface area contributed by atoms with Crippen molar-refractivity contribution < 1.29 is 0 Å². The Morgan fingerprint density at radius 2 is 1.96 bits per heavy atom. The minimum atomic E-state index is 0.820. The number of thioether (sulfide) groups is 1. The van der Waals surface area contributed by atoms with Crippen LogP contribution in [-0.2, 0) is 5.75 Å². The Kier molecular flexibility index (Phi) is 4.59. The van der Waals surface area contributed by atoms with E-state index in [2.05, 4.69) is 45.1 Å². The summed E-state index contributed by atoms with van der Waals surface area (Å²) in [4.78, 5) is 14.6. The third kappa shape index (κ3) is 3.23. The summed E-state index contributed by atoms with van der Waals surface area (Å²) in [6.07, 6.45) is 8.05. The highest BCUT2D eigenvalue weighted by Crippen LogP contribution is 2.41. The molecule has 4 nitrogen and oxygen atoms in total. The van der Waals surface area contributed by atoms with Crippen LogP contribution in [0.15, 0.2) is 47.8 Å². The Balaban J connectivity index is 1.25. The first kappa shape index (κ1) is 16.6. The third-order valence-electron chi connectivity index (χ3n) is 6.27. The van der Waals surface area contributed by atoms with Crippen LogP contribution in [0.5, 0.6) is 0 Å². The number of fused-ring (bicyclic) bond motifs is 3. The molecule has 5 rings (SSSR count). The van der Waals surface area contributed by atoms with Crippen molar-refractivity contribution in [2.45, 2.75) is 36.1 Å². The van der Waals surface area contributed by atoms with Gasteiger partial charge in [0.15, 0.2) is 0 Å². The largest absolute Gasteiger partial charge is 0.355 e. The van der Waals surface area contributed by atoms with E-state index in [0.29, 0.717) is 0 Å². The average molecular weight is 367 g/mol. The van der Waals surface area contributed by atoms with Crippen LogP contribution in [0, 0.1) is 11.8 Å². The molecule has 3 atom stereocenters. The maximum atomic E-state index is 4.91. The molecule has 3 fully saturated rings. The normalized spacial score (nSPS) is 28.2. The van der Waals surface area contributed by atoms with Crippen LogP contribution in [0.2, 0.25) is 0 Å². The standard InChI is InChI=1S/C21H26N4S/c1-2-6-16(7-3-1)15-26-21-11-22-10-20(23-21)25-13-17-12-24-9-5-4-8-19(24)18(17)14-25/h1-3,6-7,10-11,17-19H,4-5,8-9,12-15H2. The predicted octanol–water partition coefficient (Wildman–Crippen LogP) is 3.69. The second-order valence-corrected chi connectivity index (χ2v) is 8.87. The van der Waals surface area contributed by atoms with E-state index in [-0.39, 0.29) is 0 Å². The highest BCUT2D eigenvalue weighted by atomic mass is 32.2. The van der Waals surface area contributed by atoms with Crippen molar-refractivity contribution in [1.82, 2.24) is 14.9 Å². The molecule has 0 amide bonds. The van der Waals surface area contributed by atoms with E-state index in [1.54, 1.807) is 11.8 Å². The van der Waals surface area contributed by atoms with Gasteiger partial charge in [0.1, 0.15) is 10.8 Å². The molecule has 26 heavy (non-hydrogen) atoms. The molecular weight excluding hydrogens is 340 g/mol. The number of hydrogen-bond donors (Lipinski definition) is 0. The van der Waals surface area contributed by atoms with Crippen molar-refractivity contribution in [1.29, 1.82) is 0 Å². The molecule has 0 N–H and O–H groups in total. The molecule has 1 aromatic heterocycles. The number of aromatic nitrogens is 2. The summed E-state index contributed by atoms with van der Waals surface area (Å²) < 4.78 is 0. The number of piperidine rings is 1. The van der Waals surface area contributed by atoms with Crippen LogP contribution in [0.4, 0.5) is 5.82 Å². The van der Waals surface area contributed by atoms with E-state index in [4.69, 9.17) is 4.98 Å². The Hall–Kier alpha value is -1.59. The summed E-state index contributed by atoms with van der Waals surface area (Å²) in [5.41, 5.74) is 1.33. The van der Waals surface area contributed by atoms with Crippen molar-refractivity contribution in [2.24, 2.45) is 11.8 Å². The second kappa shape index (κ2) is 7.20. The van der Waals surface area contributed by atoms with Gasteiger partial charge in [-0.25, -0.2) is 4.98 Å². The van der Waals surface area contributed by atoms with Gasteiger partial charge in [-0.1, -0.05) is 36.8 Å². The molecule has 1 aromatic carbocycles. The number of nitrogens with zero attached hydrogens (tertiary/aromatic N) is 4. The summed E-state index contributed by atoms with van der Waals surface area (Å²) in [5, 5.41) is 1.03. The van der Waals surface area contributed by atoms with Gasteiger partial charge in [-0.05, 0) is 36.8 Å². The fourth-order valence-electron chi connectivity index (χ4n) is 5.03. The first-order valence-electron chi connectivity index (χ1n) is 9.84. The predicted molar refractivity (Wildman–Crippen MR) is 106 cm³/mol. The quantitative estimate of drug-likeness (QED) is 0.771. The fraction of sp³-hybridized carbons (Fsp3) is 0.524. The van der Waals surface area contributed by atoms with Gasteiger partial charge < -0.3 is 4.90 Å². The van der Waals surface area contributed by atoms with Crippen molar-refractivity contribution in [2.75, 3.05) is 31.1 Å². The molecule has 0 spiro atoms. The molecule has 0 radical (unpaired) electrons. The van der Waals surface area contributed by atoms with Crippen LogP contribution in [0.3, 0.4) is 0 Å². The summed E-state index contributed by atoms with van der Waals surface area (Å²) in [6.45, 7) is 4.93. The SMILES string of the molecule is c1ccc(CSc2cncc(N3CC4CN5CCCCC5C4C3)n2)cc1. The van der Waals surface area contributed by atoms with Gasteiger partial charge in [-0.2, -0.15) is 0 Å². The molecule has 3 aliphatic heterocycles. The zero-order valence-corrected chi connectivity index (χ0v) is 15.9.